The van der Waals surface area contributed by atoms with Crippen molar-refractivity contribution < 1.29 is 27.6 Å². The summed E-state index contributed by atoms with van der Waals surface area (Å²) in [6.07, 6.45) is -4.55. The van der Waals surface area contributed by atoms with Crippen LogP contribution in [0.15, 0.2) is 24.3 Å². The number of nitrogens with one attached hydrogen (secondary N) is 1. The van der Waals surface area contributed by atoms with E-state index in [1.165, 1.54) is 12.1 Å². The van der Waals surface area contributed by atoms with E-state index >= 15 is 0 Å². The number of nitro groups is 1. The number of hydrogen-bond acceptors (Lipinski definition) is 5. The van der Waals surface area contributed by atoms with Crippen molar-refractivity contribution in [2.45, 2.75) is 37.6 Å². The molecule has 0 bridgehead atoms. The summed E-state index contributed by atoms with van der Waals surface area (Å²) in [6.45, 7) is 1.76. The van der Waals surface area contributed by atoms with Crippen molar-refractivity contribution in [1.29, 1.82) is 0 Å². The van der Waals surface area contributed by atoms with E-state index in [2.05, 4.69) is 5.32 Å². The Morgan fingerprint density at radius 3 is 2.48 bits per heavy atom. The fourth-order valence-electron chi connectivity index (χ4n) is 2.59. The first kappa shape index (κ1) is 17.2. The van der Waals surface area contributed by atoms with Crippen LogP contribution >= 0.6 is 0 Å². The molecule has 1 saturated heterocycles. The van der Waals surface area contributed by atoms with Crippen LogP contribution in [-0.2, 0) is 15.7 Å². The van der Waals surface area contributed by atoms with Gasteiger partial charge in [-0.3, -0.25) is 20.2 Å². The van der Waals surface area contributed by atoms with Gasteiger partial charge in [0.2, 0.25) is 6.04 Å². The zero-order chi connectivity index (χ0) is 17.2. The molecule has 1 fully saturated rings. The molecule has 1 aromatic carbocycles. The number of halogens is 3. The molecule has 0 radical (unpaired) electrons. The normalized spacial score (nSPS) is 24.4. The van der Waals surface area contributed by atoms with E-state index in [1.54, 1.807) is 6.92 Å². The summed E-state index contributed by atoms with van der Waals surface area (Å²) in [6, 6.07) is 1.30. The SMILES string of the molecule is CCOC(=O)[C@@H]1C[C@H]([N+](=O)[O-])[C@H](c2ccc(C(F)(F)F)cc2)N1. The molecule has 3 atom stereocenters. The number of carbonyl (C=O) groups is 1. The van der Waals surface area contributed by atoms with Crippen LogP contribution in [0.3, 0.4) is 0 Å². The third kappa shape index (κ3) is 3.79. The molecule has 1 heterocycles. The van der Waals surface area contributed by atoms with Crippen LogP contribution in [0.5, 0.6) is 0 Å². The van der Waals surface area contributed by atoms with E-state index in [0.29, 0.717) is 5.56 Å². The topological polar surface area (TPSA) is 81.5 Å². The molecule has 0 spiro atoms. The molecule has 1 aromatic rings. The van der Waals surface area contributed by atoms with Crippen LogP contribution in [-0.4, -0.2) is 29.6 Å². The van der Waals surface area contributed by atoms with Crippen LogP contribution in [0.1, 0.15) is 30.5 Å². The fourth-order valence-corrected chi connectivity index (χ4v) is 2.59. The van der Waals surface area contributed by atoms with E-state index in [4.69, 9.17) is 4.74 Å². The first-order valence-electron chi connectivity index (χ1n) is 6.97. The number of nitrogens with zero attached hydrogens (tertiary/aromatic N) is 1. The minimum atomic E-state index is -4.47. The quantitative estimate of drug-likeness (QED) is 0.520. The minimum Gasteiger partial charge on any atom is -0.465 e. The van der Waals surface area contributed by atoms with E-state index in [1.807, 2.05) is 0 Å². The second kappa shape index (κ2) is 6.53. The summed E-state index contributed by atoms with van der Waals surface area (Å²) in [4.78, 5) is 22.4. The lowest BCUT2D eigenvalue weighted by Crippen LogP contribution is -2.34. The Bertz CT molecular complexity index is 589. The third-order valence-electron chi connectivity index (χ3n) is 3.68. The summed E-state index contributed by atoms with van der Waals surface area (Å²) in [7, 11) is 0. The molecular formula is C14H15F3N2O4. The maximum absolute atomic E-state index is 12.6. The molecule has 1 aliphatic heterocycles. The highest BCUT2D eigenvalue weighted by Gasteiger charge is 2.46. The molecule has 0 aromatic heterocycles. The molecule has 1 aliphatic rings. The van der Waals surface area contributed by atoms with E-state index in [0.717, 1.165) is 12.1 Å². The van der Waals surface area contributed by atoms with E-state index < -0.39 is 40.8 Å². The van der Waals surface area contributed by atoms with Crippen molar-refractivity contribution >= 4 is 5.97 Å². The molecule has 23 heavy (non-hydrogen) atoms. The van der Waals surface area contributed by atoms with Gasteiger partial charge < -0.3 is 4.74 Å². The van der Waals surface area contributed by atoms with Gasteiger partial charge in [0.25, 0.3) is 0 Å². The highest BCUT2D eigenvalue weighted by molar-refractivity contribution is 5.76. The lowest BCUT2D eigenvalue weighted by molar-refractivity contribution is -0.524. The molecule has 9 heteroatoms. The summed E-state index contributed by atoms with van der Waals surface area (Å²) < 4.78 is 42.5. The number of rotatable bonds is 4. The van der Waals surface area contributed by atoms with Gasteiger partial charge in [0.05, 0.1) is 12.2 Å². The van der Waals surface area contributed by atoms with Crippen LogP contribution in [0.2, 0.25) is 0 Å². The Labute approximate surface area is 129 Å². The number of hydrogen-bond donors (Lipinski definition) is 1. The fraction of sp³-hybridized carbons (Fsp3) is 0.500. The number of esters is 1. The van der Waals surface area contributed by atoms with Gasteiger partial charge in [0.1, 0.15) is 12.1 Å². The third-order valence-corrected chi connectivity index (χ3v) is 3.68. The first-order chi connectivity index (χ1) is 10.7. The van der Waals surface area contributed by atoms with Gasteiger partial charge in [-0.25, -0.2) is 0 Å². The van der Waals surface area contributed by atoms with Crippen molar-refractivity contribution in [1.82, 2.24) is 5.32 Å². The number of ether oxygens (including phenoxy) is 1. The van der Waals surface area contributed by atoms with Gasteiger partial charge in [-0.1, -0.05) is 12.1 Å². The predicted octanol–water partition coefficient (Wildman–Crippen LogP) is 2.32. The molecule has 1 N–H and O–H groups in total. The standard InChI is InChI=1S/C14H15F3N2O4/c1-2-23-13(20)10-7-11(19(21)22)12(18-10)8-3-5-9(6-4-8)14(15,16)17/h3-6,10-12,18H,2,7H2,1H3/t10-,11-,12-/m0/s1. The van der Waals surface area contributed by atoms with Crippen molar-refractivity contribution in [2.75, 3.05) is 6.61 Å². The Morgan fingerprint density at radius 1 is 1.39 bits per heavy atom. The molecule has 6 nitrogen and oxygen atoms in total. The Morgan fingerprint density at radius 2 is 2.00 bits per heavy atom. The summed E-state index contributed by atoms with van der Waals surface area (Å²) in [5.41, 5.74) is -0.509. The summed E-state index contributed by atoms with van der Waals surface area (Å²) in [5.74, 6) is -0.603. The number of benzene rings is 1. The summed E-state index contributed by atoms with van der Waals surface area (Å²) >= 11 is 0. The van der Waals surface area contributed by atoms with Crippen molar-refractivity contribution in [3.63, 3.8) is 0 Å². The van der Waals surface area contributed by atoms with Crippen LogP contribution in [0.25, 0.3) is 0 Å². The highest BCUT2D eigenvalue weighted by Crippen LogP contribution is 2.33. The molecule has 0 unspecified atom stereocenters. The van der Waals surface area contributed by atoms with Crippen LogP contribution in [0.4, 0.5) is 13.2 Å². The lowest BCUT2D eigenvalue weighted by Gasteiger charge is -2.15. The van der Waals surface area contributed by atoms with E-state index in [-0.39, 0.29) is 13.0 Å². The average molecular weight is 332 g/mol. The monoisotopic (exact) mass is 332 g/mol. The Kier molecular flexibility index (Phi) is 4.88. The van der Waals surface area contributed by atoms with Gasteiger partial charge in [0.15, 0.2) is 0 Å². The van der Waals surface area contributed by atoms with Gasteiger partial charge in [-0.15, -0.1) is 0 Å². The van der Waals surface area contributed by atoms with E-state index in [9.17, 15) is 28.1 Å². The largest absolute Gasteiger partial charge is 0.465 e. The smallest absolute Gasteiger partial charge is 0.416 e. The number of alkyl halides is 3. The van der Waals surface area contributed by atoms with Gasteiger partial charge in [-0.2, -0.15) is 13.2 Å². The lowest BCUT2D eigenvalue weighted by atomic mass is 9.99. The molecule has 0 aliphatic carbocycles. The minimum absolute atomic E-state index is 0.0719. The molecule has 0 saturated carbocycles. The maximum Gasteiger partial charge on any atom is 0.416 e. The zero-order valence-corrected chi connectivity index (χ0v) is 12.2. The second-order valence-electron chi connectivity index (χ2n) is 5.16. The molecular weight excluding hydrogens is 317 g/mol. The van der Waals surface area contributed by atoms with Crippen LogP contribution < -0.4 is 5.32 Å². The van der Waals surface area contributed by atoms with Gasteiger partial charge in [-0.05, 0) is 24.6 Å². The predicted molar refractivity (Wildman–Crippen MR) is 73.1 cm³/mol. The Balaban J connectivity index is 2.22. The second-order valence-corrected chi connectivity index (χ2v) is 5.16. The maximum atomic E-state index is 12.6. The van der Waals surface area contributed by atoms with Crippen molar-refractivity contribution in [3.8, 4) is 0 Å². The van der Waals surface area contributed by atoms with Gasteiger partial charge >= 0.3 is 12.1 Å². The number of carbonyl (C=O) groups excluding carboxylic acids is 1. The van der Waals surface area contributed by atoms with Crippen molar-refractivity contribution in [3.05, 3.63) is 45.5 Å². The first-order valence-corrected chi connectivity index (χ1v) is 6.97. The molecule has 2 rings (SSSR count). The van der Waals surface area contributed by atoms with Crippen molar-refractivity contribution in [2.24, 2.45) is 0 Å². The highest BCUT2D eigenvalue weighted by atomic mass is 19.4. The zero-order valence-electron chi connectivity index (χ0n) is 12.2. The Hall–Kier alpha value is -2.16. The van der Waals surface area contributed by atoms with Crippen LogP contribution in [0, 0.1) is 10.1 Å². The summed E-state index contributed by atoms with van der Waals surface area (Å²) in [5, 5.41) is 14.0. The van der Waals surface area contributed by atoms with Gasteiger partial charge in [0, 0.05) is 11.3 Å². The molecule has 126 valence electrons. The average Bonchev–Trinajstić information content (AvgIpc) is 2.92. The molecule has 0 amide bonds.